The molecule has 0 fully saturated rings. The highest BCUT2D eigenvalue weighted by molar-refractivity contribution is 5.98. The number of rotatable bonds is 8. The lowest BCUT2D eigenvalue weighted by Crippen LogP contribution is -2.57. The third-order valence-corrected chi connectivity index (χ3v) is 5.96. The summed E-state index contributed by atoms with van der Waals surface area (Å²) in [6.45, 7) is 9.96. The minimum atomic E-state index is -0.651. The molecule has 3 atom stereocenters. The lowest BCUT2D eigenvalue weighted by Gasteiger charge is -2.40. The van der Waals surface area contributed by atoms with Crippen LogP contribution in [0.2, 0.25) is 0 Å². The van der Waals surface area contributed by atoms with Gasteiger partial charge in [0.25, 0.3) is 5.91 Å². The van der Waals surface area contributed by atoms with E-state index >= 15 is 0 Å². The van der Waals surface area contributed by atoms with Gasteiger partial charge in [-0.2, -0.15) is 0 Å². The third kappa shape index (κ3) is 6.57. The van der Waals surface area contributed by atoms with Crippen molar-refractivity contribution >= 4 is 11.8 Å². The zero-order valence-corrected chi connectivity index (χ0v) is 20.9. The summed E-state index contributed by atoms with van der Waals surface area (Å²) in [7, 11) is 0. The van der Waals surface area contributed by atoms with Gasteiger partial charge >= 0.3 is 0 Å². The molecule has 178 valence electrons. The van der Waals surface area contributed by atoms with Crippen LogP contribution in [0.5, 0.6) is 0 Å². The SMILES string of the molecule is C[C@H](c1ccccc1)N(C(=O)c1ccccc1)[C@H](C(=O)NC(C)(C)C)[C@@H](C)Cc1ccccc1. The minimum absolute atomic E-state index is 0.108. The fourth-order valence-electron chi connectivity index (χ4n) is 4.37. The van der Waals surface area contributed by atoms with Crippen molar-refractivity contribution in [2.45, 2.75) is 58.7 Å². The van der Waals surface area contributed by atoms with Gasteiger partial charge in [-0.15, -0.1) is 0 Å². The number of carbonyl (C=O) groups excluding carboxylic acids is 2. The van der Waals surface area contributed by atoms with Crippen LogP contribution in [0.4, 0.5) is 0 Å². The minimum Gasteiger partial charge on any atom is -0.350 e. The molecule has 3 rings (SSSR count). The molecular weight excluding hydrogens is 420 g/mol. The van der Waals surface area contributed by atoms with Crippen LogP contribution in [0, 0.1) is 5.92 Å². The Morgan fingerprint density at radius 1 is 0.794 bits per heavy atom. The molecule has 0 bridgehead atoms. The van der Waals surface area contributed by atoms with Crippen molar-refractivity contribution in [3.05, 3.63) is 108 Å². The van der Waals surface area contributed by atoms with Crippen LogP contribution in [0.25, 0.3) is 0 Å². The van der Waals surface area contributed by atoms with Crippen molar-refractivity contribution < 1.29 is 9.59 Å². The van der Waals surface area contributed by atoms with Gasteiger partial charge in [0.05, 0.1) is 6.04 Å². The van der Waals surface area contributed by atoms with E-state index in [4.69, 9.17) is 0 Å². The summed E-state index contributed by atoms with van der Waals surface area (Å²) in [5.41, 5.74) is 2.29. The second-order valence-electron chi connectivity index (χ2n) is 10.0. The Morgan fingerprint density at radius 2 is 1.29 bits per heavy atom. The highest BCUT2D eigenvalue weighted by Crippen LogP contribution is 2.30. The van der Waals surface area contributed by atoms with Crippen LogP contribution in [0.15, 0.2) is 91.0 Å². The van der Waals surface area contributed by atoms with Crippen molar-refractivity contribution in [1.29, 1.82) is 0 Å². The van der Waals surface area contributed by atoms with Gasteiger partial charge in [0, 0.05) is 11.1 Å². The third-order valence-electron chi connectivity index (χ3n) is 5.96. The molecule has 0 aliphatic rings. The quantitative estimate of drug-likeness (QED) is 0.448. The molecule has 0 saturated carbocycles. The molecule has 3 aromatic carbocycles. The maximum atomic E-state index is 14.0. The number of benzene rings is 3. The van der Waals surface area contributed by atoms with E-state index in [2.05, 4.69) is 24.4 Å². The van der Waals surface area contributed by atoms with Crippen LogP contribution >= 0.6 is 0 Å². The lowest BCUT2D eigenvalue weighted by molar-refractivity contribution is -0.129. The second kappa shape index (κ2) is 11.1. The number of amides is 2. The number of carbonyl (C=O) groups is 2. The van der Waals surface area contributed by atoms with Crippen LogP contribution < -0.4 is 5.32 Å². The molecular formula is C30H36N2O2. The van der Waals surface area contributed by atoms with Gasteiger partial charge in [0.2, 0.25) is 5.91 Å². The van der Waals surface area contributed by atoms with E-state index in [0.29, 0.717) is 12.0 Å². The fourth-order valence-corrected chi connectivity index (χ4v) is 4.37. The van der Waals surface area contributed by atoms with E-state index in [0.717, 1.165) is 11.1 Å². The zero-order chi connectivity index (χ0) is 24.7. The van der Waals surface area contributed by atoms with Gasteiger partial charge in [-0.3, -0.25) is 9.59 Å². The first kappa shape index (κ1) is 25.2. The van der Waals surface area contributed by atoms with Gasteiger partial charge in [0.1, 0.15) is 6.04 Å². The lowest BCUT2D eigenvalue weighted by atomic mass is 9.89. The molecule has 3 aromatic rings. The largest absolute Gasteiger partial charge is 0.350 e. The molecule has 0 radical (unpaired) electrons. The number of hydrogen-bond acceptors (Lipinski definition) is 2. The highest BCUT2D eigenvalue weighted by atomic mass is 16.2. The first-order chi connectivity index (χ1) is 16.2. The van der Waals surface area contributed by atoms with E-state index in [-0.39, 0.29) is 23.8 Å². The Bertz CT molecular complexity index is 1060. The van der Waals surface area contributed by atoms with E-state index in [1.807, 2.05) is 107 Å². The predicted octanol–water partition coefficient (Wildman–Crippen LogP) is 6.05. The molecule has 0 aliphatic heterocycles. The monoisotopic (exact) mass is 456 g/mol. The summed E-state index contributed by atoms with van der Waals surface area (Å²) in [4.78, 5) is 29.5. The van der Waals surface area contributed by atoms with Gasteiger partial charge in [-0.1, -0.05) is 85.8 Å². The van der Waals surface area contributed by atoms with Crippen molar-refractivity contribution in [2.24, 2.45) is 5.92 Å². The Hall–Kier alpha value is -3.40. The van der Waals surface area contributed by atoms with E-state index in [1.165, 1.54) is 0 Å². The summed E-state index contributed by atoms with van der Waals surface area (Å²) in [5, 5.41) is 3.15. The van der Waals surface area contributed by atoms with Crippen LogP contribution in [-0.4, -0.2) is 28.3 Å². The molecule has 2 amide bonds. The molecule has 0 unspecified atom stereocenters. The Balaban J connectivity index is 2.08. The van der Waals surface area contributed by atoms with Gasteiger partial charge < -0.3 is 10.2 Å². The second-order valence-corrected chi connectivity index (χ2v) is 10.0. The number of hydrogen-bond donors (Lipinski definition) is 1. The van der Waals surface area contributed by atoms with Gasteiger partial charge in [-0.05, 0) is 63.3 Å². The van der Waals surface area contributed by atoms with Gasteiger partial charge in [-0.25, -0.2) is 0 Å². The Labute approximate surface area is 204 Å². The topological polar surface area (TPSA) is 49.4 Å². The van der Waals surface area contributed by atoms with Crippen molar-refractivity contribution in [1.82, 2.24) is 10.2 Å². The Kier molecular flexibility index (Phi) is 8.27. The number of nitrogens with zero attached hydrogens (tertiary/aromatic N) is 1. The summed E-state index contributed by atoms with van der Waals surface area (Å²) in [5.74, 6) is -0.391. The average Bonchev–Trinajstić information content (AvgIpc) is 2.82. The van der Waals surface area contributed by atoms with Crippen molar-refractivity contribution in [2.75, 3.05) is 0 Å². The molecule has 34 heavy (non-hydrogen) atoms. The van der Waals surface area contributed by atoms with Gasteiger partial charge in [0.15, 0.2) is 0 Å². The molecule has 0 spiro atoms. The van der Waals surface area contributed by atoms with Crippen LogP contribution in [0.3, 0.4) is 0 Å². The summed E-state index contributed by atoms with van der Waals surface area (Å²) in [6, 6.07) is 28.3. The maximum absolute atomic E-state index is 14.0. The Morgan fingerprint density at radius 3 is 1.82 bits per heavy atom. The smallest absolute Gasteiger partial charge is 0.255 e. The average molecular weight is 457 g/mol. The predicted molar refractivity (Wildman–Crippen MR) is 138 cm³/mol. The standard InChI is InChI=1S/C30H36N2O2/c1-22(21-24-15-9-6-10-16-24)27(28(33)31-30(3,4)5)32(23(2)25-17-11-7-12-18-25)29(34)26-19-13-8-14-20-26/h6-20,22-23,27H,21H2,1-5H3,(H,31,33)/t22-,23+,27-/m0/s1. The molecule has 4 heteroatoms. The van der Waals surface area contributed by atoms with E-state index in [9.17, 15) is 9.59 Å². The van der Waals surface area contributed by atoms with Crippen molar-refractivity contribution in [3.8, 4) is 0 Å². The van der Waals surface area contributed by atoms with Crippen molar-refractivity contribution in [3.63, 3.8) is 0 Å². The fraction of sp³-hybridized carbons (Fsp3) is 0.333. The summed E-state index contributed by atoms with van der Waals surface area (Å²) >= 11 is 0. The highest BCUT2D eigenvalue weighted by Gasteiger charge is 2.39. The van der Waals surface area contributed by atoms with E-state index in [1.54, 1.807) is 4.90 Å². The maximum Gasteiger partial charge on any atom is 0.255 e. The first-order valence-corrected chi connectivity index (χ1v) is 12.0. The normalized spacial score (nSPS) is 14.0. The van der Waals surface area contributed by atoms with Crippen LogP contribution in [-0.2, 0) is 11.2 Å². The molecule has 4 nitrogen and oxygen atoms in total. The molecule has 0 aliphatic carbocycles. The zero-order valence-electron chi connectivity index (χ0n) is 20.9. The molecule has 1 N–H and O–H groups in total. The number of nitrogens with one attached hydrogen (secondary N) is 1. The first-order valence-electron chi connectivity index (χ1n) is 12.0. The van der Waals surface area contributed by atoms with Crippen LogP contribution in [0.1, 0.15) is 62.1 Å². The summed E-state index contributed by atoms with van der Waals surface area (Å²) in [6.07, 6.45) is 0.684. The molecule has 0 heterocycles. The van der Waals surface area contributed by atoms with E-state index < -0.39 is 11.6 Å². The molecule has 0 aromatic heterocycles. The molecule has 0 saturated heterocycles. The summed E-state index contributed by atoms with van der Waals surface area (Å²) < 4.78 is 0.